The number of aromatic amines is 1. The van der Waals surface area contributed by atoms with Crippen molar-refractivity contribution in [2.45, 2.75) is 6.42 Å². The number of halogens is 1. The topological polar surface area (TPSA) is 19.0 Å². The fourth-order valence-electron chi connectivity index (χ4n) is 1.70. The van der Waals surface area contributed by atoms with Crippen LogP contribution in [0.3, 0.4) is 0 Å². The van der Waals surface area contributed by atoms with Crippen LogP contribution in [0.15, 0.2) is 24.4 Å². The highest BCUT2D eigenvalue weighted by atomic mass is 18.2. The van der Waals surface area contributed by atoms with Crippen molar-refractivity contribution in [2.75, 3.05) is 20.6 Å². The Morgan fingerprint density at radius 1 is 1.33 bits per heavy atom. The lowest BCUT2D eigenvalue weighted by Gasteiger charge is -2.07. The van der Waals surface area contributed by atoms with Gasteiger partial charge in [0.15, 0.2) is 0 Å². The van der Waals surface area contributed by atoms with E-state index in [0.29, 0.717) is 0 Å². The smallest absolute Gasteiger partial charge is 0.123 e. The number of rotatable bonds is 3. The molecule has 15 heavy (non-hydrogen) atoms. The zero-order valence-electron chi connectivity index (χ0n) is 9.05. The molecule has 0 fully saturated rings. The number of benzene rings is 1. The van der Waals surface area contributed by atoms with Crippen LogP contribution in [-0.4, -0.2) is 30.5 Å². The lowest BCUT2D eigenvalue weighted by molar-refractivity contribution is 0.414. The van der Waals surface area contributed by atoms with E-state index in [1.54, 1.807) is 12.1 Å². The van der Waals surface area contributed by atoms with Crippen molar-refractivity contribution in [3.63, 3.8) is 0 Å². The maximum Gasteiger partial charge on any atom is 0.123 e. The van der Waals surface area contributed by atoms with E-state index in [1.165, 1.54) is 11.6 Å². The van der Waals surface area contributed by atoms with Crippen molar-refractivity contribution >= 4 is 10.9 Å². The molecule has 0 bridgehead atoms. The number of hydrogen-bond acceptors (Lipinski definition) is 1. The fourth-order valence-corrected chi connectivity index (χ4v) is 1.70. The van der Waals surface area contributed by atoms with Gasteiger partial charge in [-0.1, -0.05) is 0 Å². The molecule has 0 saturated carbocycles. The first kappa shape index (κ1) is 10.2. The normalized spacial score (nSPS) is 11.5. The van der Waals surface area contributed by atoms with E-state index in [4.69, 9.17) is 0 Å². The number of H-pyrrole nitrogens is 1. The van der Waals surface area contributed by atoms with E-state index in [1.807, 2.05) is 20.3 Å². The van der Waals surface area contributed by atoms with Gasteiger partial charge in [0, 0.05) is 23.6 Å². The Kier molecular flexibility index (Phi) is 2.73. The zero-order chi connectivity index (χ0) is 10.8. The molecular weight excluding hydrogens is 190 g/mol. The molecule has 1 heterocycles. The summed E-state index contributed by atoms with van der Waals surface area (Å²) in [6.45, 7) is 0.976. The van der Waals surface area contributed by atoms with Crippen LogP contribution in [0, 0.1) is 5.82 Å². The van der Waals surface area contributed by atoms with E-state index >= 15 is 0 Å². The molecule has 0 unspecified atom stereocenters. The SMILES string of the molecule is CN(C)CCc1c[nH]c2ccc([18F])cc12. The lowest BCUT2D eigenvalue weighted by Crippen LogP contribution is -2.14. The standard InChI is InChI=1S/C12H15FN2/c1-15(2)6-5-9-8-14-12-4-3-10(13)7-11(9)12/h3-4,7-8,14H,5-6H2,1-2H3/i13-1. The molecule has 0 amide bonds. The Balaban J connectivity index is 2.31. The van der Waals surface area contributed by atoms with Gasteiger partial charge in [-0.25, -0.2) is 4.39 Å². The Labute approximate surface area is 88.7 Å². The lowest BCUT2D eigenvalue weighted by atomic mass is 10.1. The molecule has 0 radical (unpaired) electrons. The average Bonchev–Trinajstić information content (AvgIpc) is 2.57. The first-order chi connectivity index (χ1) is 7.16. The third-order valence-corrected chi connectivity index (χ3v) is 2.56. The van der Waals surface area contributed by atoms with E-state index in [2.05, 4.69) is 9.88 Å². The predicted octanol–water partition coefficient (Wildman–Crippen LogP) is 2.41. The number of nitrogens with zero attached hydrogens (tertiary/aromatic N) is 1. The van der Waals surface area contributed by atoms with Gasteiger partial charge >= 0.3 is 0 Å². The van der Waals surface area contributed by atoms with Crippen molar-refractivity contribution in [2.24, 2.45) is 0 Å². The minimum Gasteiger partial charge on any atom is -0.361 e. The summed E-state index contributed by atoms with van der Waals surface area (Å²) in [5.41, 5.74) is 2.18. The van der Waals surface area contributed by atoms with Gasteiger partial charge < -0.3 is 9.88 Å². The second-order valence-electron chi connectivity index (χ2n) is 4.06. The van der Waals surface area contributed by atoms with E-state index in [9.17, 15) is 4.39 Å². The summed E-state index contributed by atoms with van der Waals surface area (Å²) in [5.74, 6) is -0.173. The number of likely N-dealkylation sites (N-methyl/N-ethyl adjacent to an activating group) is 1. The molecule has 2 aromatic rings. The van der Waals surface area contributed by atoms with Gasteiger partial charge in [-0.15, -0.1) is 0 Å². The van der Waals surface area contributed by atoms with Gasteiger partial charge in [0.2, 0.25) is 0 Å². The molecule has 3 heteroatoms. The molecule has 1 aromatic carbocycles. The van der Waals surface area contributed by atoms with Crippen molar-refractivity contribution in [1.29, 1.82) is 0 Å². The second-order valence-corrected chi connectivity index (χ2v) is 4.06. The molecule has 0 spiro atoms. The Hall–Kier alpha value is -1.35. The first-order valence-corrected chi connectivity index (χ1v) is 5.07. The van der Waals surface area contributed by atoms with Gasteiger partial charge in [-0.3, -0.25) is 0 Å². The molecule has 0 atom stereocenters. The predicted molar refractivity (Wildman–Crippen MR) is 60.5 cm³/mol. The summed E-state index contributed by atoms with van der Waals surface area (Å²) >= 11 is 0. The van der Waals surface area contributed by atoms with Crippen LogP contribution in [0.2, 0.25) is 0 Å². The average molecular weight is 205 g/mol. The van der Waals surface area contributed by atoms with Crippen LogP contribution in [0.4, 0.5) is 4.39 Å². The zero-order valence-corrected chi connectivity index (χ0v) is 9.05. The second kappa shape index (κ2) is 4.03. The highest BCUT2D eigenvalue weighted by Crippen LogP contribution is 2.19. The molecule has 1 aromatic heterocycles. The Morgan fingerprint density at radius 2 is 2.13 bits per heavy atom. The Morgan fingerprint density at radius 3 is 2.87 bits per heavy atom. The van der Waals surface area contributed by atoms with E-state index in [0.717, 1.165) is 23.9 Å². The molecule has 2 nitrogen and oxygen atoms in total. The monoisotopic (exact) mass is 205 g/mol. The molecule has 0 aliphatic rings. The quantitative estimate of drug-likeness (QED) is 0.815. The van der Waals surface area contributed by atoms with Crippen LogP contribution in [0.5, 0.6) is 0 Å². The van der Waals surface area contributed by atoms with E-state index < -0.39 is 0 Å². The summed E-state index contributed by atoms with van der Waals surface area (Å²) < 4.78 is 13.1. The van der Waals surface area contributed by atoms with Crippen LogP contribution in [0.25, 0.3) is 10.9 Å². The Bertz CT molecular complexity index is 460. The maximum atomic E-state index is 13.1. The van der Waals surface area contributed by atoms with Crippen LogP contribution < -0.4 is 0 Å². The molecule has 1 N–H and O–H groups in total. The summed E-state index contributed by atoms with van der Waals surface area (Å²) in [6, 6.07) is 4.86. The highest BCUT2D eigenvalue weighted by Gasteiger charge is 2.04. The van der Waals surface area contributed by atoms with Crippen molar-refractivity contribution in [1.82, 2.24) is 9.88 Å². The molecule has 0 aliphatic heterocycles. The van der Waals surface area contributed by atoms with Gasteiger partial charge in [0.05, 0.1) is 0 Å². The van der Waals surface area contributed by atoms with Crippen LogP contribution >= 0.6 is 0 Å². The molecule has 80 valence electrons. The number of aromatic nitrogens is 1. The molecule has 0 saturated heterocycles. The third kappa shape index (κ3) is 2.18. The number of fused-ring (bicyclic) bond motifs is 1. The largest absolute Gasteiger partial charge is 0.361 e. The summed E-state index contributed by atoms with van der Waals surface area (Å²) in [7, 11) is 4.07. The van der Waals surface area contributed by atoms with Crippen LogP contribution in [0.1, 0.15) is 5.56 Å². The first-order valence-electron chi connectivity index (χ1n) is 5.07. The minimum atomic E-state index is -0.173. The summed E-state index contributed by atoms with van der Waals surface area (Å²) in [5, 5.41) is 0.997. The minimum absolute atomic E-state index is 0.173. The van der Waals surface area contributed by atoms with Crippen LogP contribution in [-0.2, 0) is 6.42 Å². The van der Waals surface area contributed by atoms with Gasteiger partial charge in [-0.2, -0.15) is 0 Å². The molecule has 2 rings (SSSR count). The summed E-state index contributed by atoms with van der Waals surface area (Å²) in [4.78, 5) is 5.28. The van der Waals surface area contributed by atoms with Crippen molar-refractivity contribution in [3.8, 4) is 0 Å². The van der Waals surface area contributed by atoms with Crippen molar-refractivity contribution in [3.05, 3.63) is 35.8 Å². The maximum absolute atomic E-state index is 13.1. The molecule has 0 aliphatic carbocycles. The number of hydrogen-bond donors (Lipinski definition) is 1. The van der Waals surface area contributed by atoms with E-state index in [-0.39, 0.29) is 5.82 Å². The van der Waals surface area contributed by atoms with Gasteiger partial charge in [0.25, 0.3) is 0 Å². The van der Waals surface area contributed by atoms with Gasteiger partial charge in [-0.05, 0) is 44.3 Å². The molecular formula is C12H15FN2. The third-order valence-electron chi connectivity index (χ3n) is 2.56. The summed E-state index contributed by atoms with van der Waals surface area (Å²) in [6.07, 6.45) is 2.91. The van der Waals surface area contributed by atoms with Gasteiger partial charge in [0.1, 0.15) is 5.82 Å². The number of nitrogens with one attached hydrogen (secondary N) is 1. The fraction of sp³-hybridized carbons (Fsp3) is 0.333. The van der Waals surface area contributed by atoms with Crippen molar-refractivity contribution < 1.29 is 4.39 Å². The highest BCUT2D eigenvalue weighted by molar-refractivity contribution is 5.83.